The molecule has 3 N–H and O–H groups in total. The van der Waals surface area contributed by atoms with Crippen LogP contribution in [0.15, 0.2) is 12.7 Å². The van der Waals surface area contributed by atoms with Gasteiger partial charge in [-0.1, -0.05) is 6.08 Å². The van der Waals surface area contributed by atoms with Gasteiger partial charge in [-0.2, -0.15) is 0 Å². The van der Waals surface area contributed by atoms with Crippen LogP contribution in [0.2, 0.25) is 0 Å². The van der Waals surface area contributed by atoms with Gasteiger partial charge in [-0.15, -0.1) is 6.58 Å². The molecule has 0 saturated heterocycles. The zero-order chi connectivity index (χ0) is 7.70. The highest BCUT2D eigenvalue weighted by molar-refractivity contribution is 7.30. The molecule has 0 aromatic rings. The SMILES string of the molecule is C=CCNC.O=[PH](O)O. The molecule has 4 nitrogen and oxygen atoms in total. The third-order valence-electron chi connectivity index (χ3n) is 0.348. The average molecular weight is 153 g/mol. The second kappa shape index (κ2) is 10.8. The lowest BCUT2D eigenvalue weighted by Crippen LogP contribution is -2.02. The molecule has 0 aromatic heterocycles. The van der Waals surface area contributed by atoms with Crippen molar-refractivity contribution < 1.29 is 14.4 Å². The van der Waals surface area contributed by atoms with Crippen molar-refractivity contribution in [1.29, 1.82) is 0 Å². The first-order valence-corrected chi connectivity index (χ1v) is 3.62. The van der Waals surface area contributed by atoms with E-state index in [1.165, 1.54) is 0 Å². The summed E-state index contributed by atoms with van der Waals surface area (Å²) in [5.74, 6) is 0. The van der Waals surface area contributed by atoms with Crippen LogP contribution in [-0.4, -0.2) is 23.4 Å². The number of hydrogen-bond donors (Lipinski definition) is 3. The van der Waals surface area contributed by atoms with Crippen molar-refractivity contribution in [2.45, 2.75) is 0 Å². The van der Waals surface area contributed by atoms with Crippen molar-refractivity contribution in [2.75, 3.05) is 13.6 Å². The summed E-state index contributed by atoms with van der Waals surface area (Å²) in [6.45, 7) is 4.39. The minimum absolute atomic E-state index is 0.903. The van der Waals surface area contributed by atoms with Crippen LogP contribution in [0.5, 0.6) is 0 Å². The third-order valence-corrected chi connectivity index (χ3v) is 0.348. The largest absolute Gasteiger partial charge is 0.326 e. The highest BCUT2D eigenvalue weighted by Crippen LogP contribution is 1.98. The molecule has 0 aliphatic heterocycles. The second-order valence-corrected chi connectivity index (χ2v) is 1.69. The van der Waals surface area contributed by atoms with E-state index in [-0.39, 0.29) is 0 Å². The molecule has 56 valence electrons. The second-order valence-electron chi connectivity index (χ2n) is 1.13. The molecule has 0 aromatic carbocycles. The van der Waals surface area contributed by atoms with Gasteiger partial charge in [-0.25, -0.2) is 0 Å². The van der Waals surface area contributed by atoms with Crippen molar-refractivity contribution in [2.24, 2.45) is 0 Å². The summed E-state index contributed by atoms with van der Waals surface area (Å²) < 4.78 is 8.74. The van der Waals surface area contributed by atoms with Crippen LogP contribution in [0.1, 0.15) is 0 Å². The molecule has 5 heteroatoms. The van der Waals surface area contributed by atoms with Crippen molar-refractivity contribution in [3.63, 3.8) is 0 Å². The highest BCUT2D eigenvalue weighted by atomic mass is 31.1. The molecule has 0 atom stereocenters. The molecule has 0 rings (SSSR count). The molecule has 0 aliphatic carbocycles. The van der Waals surface area contributed by atoms with Crippen LogP contribution < -0.4 is 5.32 Å². The van der Waals surface area contributed by atoms with Crippen LogP contribution in [0.3, 0.4) is 0 Å². The first-order chi connectivity index (χ1) is 4.15. The molecule has 0 unspecified atom stereocenters. The van der Waals surface area contributed by atoms with E-state index in [1.54, 1.807) is 0 Å². The molecule has 0 aliphatic rings. The fourth-order valence-corrected chi connectivity index (χ4v) is 0.144. The van der Waals surface area contributed by atoms with Gasteiger partial charge in [0.05, 0.1) is 0 Å². The molecule has 0 amide bonds. The Balaban J connectivity index is 0. The van der Waals surface area contributed by atoms with E-state index in [9.17, 15) is 0 Å². The maximum atomic E-state index is 8.74. The van der Waals surface area contributed by atoms with E-state index in [0.717, 1.165) is 6.54 Å². The van der Waals surface area contributed by atoms with Crippen LogP contribution in [0.4, 0.5) is 0 Å². The van der Waals surface area contributed by atoms with Crippen LogP contribution in [0.25, 0.3) is 0 Å². The smallest absolute Gasteiger partial charge is 0.314 e. The number of rotatable bonds is 2. The number of likely N-dealkylation sites (N-methyl/N-ethyl adjacent to an activating group) is 1. The lowest BCUT2D eigenvalue weighted by molar-refractivity contribution is 0.405. The van der Waals surface area contributed by atoms with Gasteiger partial charge < -0.3 is 15.1 Å². The first-order valence-electron chi connectivity index (χ1n) is 2.32. The van der Waals surface area contributed by atoms with Crippen LogP contribution >= 0.6 is 8.25 Å². The lowest BCUT2D eigenvalue weighted by Gasteiger charge is -1.79. The van der Waals surface area contributed by atoms with Gasteiger partial charge in [-0.05, 0) is 7.05 Å². The standard InChI is InChI=1S/C4H9N.H3O3P/c1-3-4-5-2;1-4(2)3/h3,5H,1,4H2,2H3;4H,(H2,1,2,3). The van der Waals surface area contributed by atoms with Crippen molar-refractivity contribution >= 4 is 8.25 Å². The Labute approximate surface area is 55.2 Å². The van der Waals surface area contributed by atoms with E-state index >= 15 is 0 Å². The molecule has 0 bridgehead atoms. The first kappa shape index (κ1) is 11.6. The van der Waals surface area contributed by atoms with Gasteiger partial charge in [0.2, 0.25) is 0 Å². The summed E-state index contributed by atoms with van der Waals surface area (Å²) in [7, 11) is -1.24. The van der Waals surface area contributed by atoms with Gasteiger partial charge in [-0.3, -0.25) is 4.57 Å². The van der Waals surface area contributed by atoms with Crippen molar-refractivity contribution in [3.05, 3.63) is 12.7 Å². The summed E-state index contributed by atoms with van der Waals surface area (Å²) in [5, 5.41) is 2.90. The fraction of sp³-hybridized carbons (Fsp3) is 0.500. The van der Waals surface area contributed by atoms with Gasteiger partial charge in [0.1, 0.15) is 0 Å². The van der Waals surface area contributed by atoms with Crippen molar-refractivity contribution in [1.82, 2.24) is 5.32 Å². The zero-order valence-corrected chi connectivity index (χ0v) is 6.29. The molecular formula is C4H12NO3P. The summed E-state index contributed by atoms with van der Waals surface area (Å²) in [5.41, 5.74) is 0. The Morgan fingerprint density at radius 2 is 2.11 bits per heavy atom. The van der Waals surface area contributed by atoms with E-state index in [0.29, 0.717) is 0 Å². The molecular weight excluding hydrogens is 141 g/mol. The Morgan fingerprint density at radius 3 is 2.11 bits per heavy atom. The minimum Gasteiger partial charge on any atom is -0.326 e. The highest BCUT2D eigenvalue weighted by Gasteiger charge is 1.61. The maximum Gasteiger partial charge on any atom is 0.314 e. The molecule has 0 radical (unpaired) electrons. The molecule has 0 fully saturated rings. The summed E-state index contributed by atoms with van der Waals surface area (Å²) in [6, 6.07) is 0. The zero-order valence-electron chi connectivity index (χ0n) is 5.29. The van der Waals surface area contributed by atoms with Crippen molar-refractivity contribution in [3.8, 4) is 0 Å². The lowest BCUT2D eigenvalue weighted by atomic mass is 10.6. The van der Waals surface area contributed by atoms with E-state index in [1.807, 2.05) is 13.1 Å². The number of hydrogen-bond acceptors (Lipinski definition) is 2. The van der Waals surface area contributed by atoms with Gasteiger partial charge >= 0.3 is 8.25 Å². The number of nitrogens with one attached hydrogen (secondary N) is 1. The molecule has 9 heavy (non-hydrogen) atoms. The Morgan fingerprint density at radius 1 is 1.78 bits per heavy atom. The Bertz CT molecular complexity index is 81.9. The normalized spacial score (nSPS) is 8.00. The third kappa shape index (κ3) is 78.5. The quantitative estimate of drug-likeness (QED) is 0.378. The molecule has 0 spiro atoms. The maximum absolute atomic E-state index is 8.74. The minimum atomic E-state index is -3.13. The van der Waals surface area contributed by atoms with Gasteiger partial charge in [0, 0.05) is 6.54 Å². The van der Waals surface area contributed by atoms with Crippen LogP contribution in [0, 0.1) is 0 Å². The van der Waals surface area contributed by atoms with E-state index in [4.69, 9.17) is 14.4 Å². The van der Waals surface area contributed by atoms with Gasteiger partial charge in [0.25, 0.3) is 0 Å². The summed E-state index contributed by atoms with van der Waals surface area (Å²) >= 11 is 0. The monoisotopic (exact) mass is 153 g/mol. The fourth-order valence-electron chi connectivity index (χ4n) is 0.144. The predicted octanol–water partition coefficient (Wildman–Crippen LogP) is -0.248. The molecule has 0 heterocycles. The van der Waals surface area contributed by atoms with E-state index < -0.39 is 8.25 Å². The Hall–Kier alpha value is -0.150. The average Bonchev–Trinajstić information content (AvgIpc) is 1.66. The van der Waals surface area contributed by atoms with Crippen LogP contribution in [-0.2, 0) is 4.57 Å². The Kier molecular flexibility index (Phi) is 13.9. The topological polar surface area (TPSA) is 69.6 Å². The van der Waals surface area contributed by atoms with E-state index in [2.05, 4.69) is 11.9 Å². The summed E-state index contributed by atoms with van der Waals surface area (Å²) in [6.07, 6.45) is 1.82. The summed E-state index contributed by atoms with van der Waals surface area (Å²) in [4.78, 5) is 14.3. The predicted molar refractivity (Wildman–Crippen MR) is 37.6 cm³/mol. The molecule has 0 saturated carbocycles. The van der Waals surface area contributed by atoms with Gasteiger partial charge in [0.15, 0.2) is 0 Å².